The molecule has 1 aliphatic rings. The summed E-state index contributed by atoms with van der Waals surface area (Å²) in [5, 5.41) is 11.7. The molecule has 0 amide bonds. The minimum Gasteiger partial charge on any atom is -0.392 e. The summed E-state index contributed by atoms with van der Waals surface area (Å²) in [6.07, 6.45) is -0.153. The van der Waals surface area contributed by atoms with E-state index in [1.807, 2.05) is 13.8 Å². The van der Waals surface area contributed by atoms with Gasteiger partial charge in [0.2, 0.25) is 0 Å². The van der Waals surface area contributed by atoms with Crippen LogP contribution in [0.2, 0.25) is 0 Å². The Morgan fingerprint density at radius 1 is 1.78 bits per heavy atom. The fourth-order valence-corrected chi connectivity index (χ4v) is 0.926. The van der Waals surface area contributed by atoms with Crippen molar-refractivity contribution in [3.05, 3.63) is 0 Å². The average molecular weight is 131 g/mol. The van der Waals surface area contributed by atoms with Gasteiger partial charge in [-0.25, -0.2) is 0 Å². The van der Waals surface area contributed by atoms with Crippen molar-refractivity contribution in [1.82, 2.24) is 5.32 Å². The molecular weight excluding hydrogens is 118 g/mol. The van der Waals surface area contributed by atoms with Crippen molar-refractivity contribution in [3.8, 4) is 0 Å². The summed E-state index contributed by atoms with van der Waals surface area (Å²) in [6.45, 7) is 4.83. The molecule has 0 radical (unpaired) electrons. The minimum atomic E-state index is -0.153. The number of rotatable bonds is 1. The van der Waals surface area contributed by atoms with E-state index in [1.54, 1.807) is 0 Å². The summed E-state index contributed by atoms with van der Waals surface area (Å²) in [5.74, 6) is 0. The van der Waals surface area contributed by atoms with Gasteiger partial charge < -0.3 is 9.84 Å². The summed E-state index contributed by atoms with van der Waals surface area (Å²) in [4.78, 5) is 0. The SMILES string of the molecule is CC1(C)COC(CO)N1. The molecule has 0 bridgehead atoms. The molecule has 0 saturated carbocycles. The van der Waals surface area contributed by atoms with E-state index in [4.69, 9.17) is 9.84 Å². The highest BCUT2D eigenvalue weighted by Gasteiger charge is 2.29. The predicted molar refractivity (Wildman–Crippen MR) is 34.0 cm³/mol. The van der Waals surface area contributed by atoms with Gasteiger partial charge in [-0.05, 0) is 13.8 Å². The number of aliphatic hydroxyl groups is 1. The van der Waals surface area contributed by atoms with Gasteiger partial charge in [-0.3, -0.25) is 5.32 Å². The zero-order chi connectivity index (χ0) is 6.91. The van der Waals surface area contributed by atoms with Crippen molar-refractivity contribution in [1.29, 1.82) is 0 Å². The molecule has 0 spiro atoms. The molecular formula is C6H13NO2. The van der Waals surface area contributed by atoms with Crippen molar-refractivity contribution >= 4 is 0 Å². The Hall–Kier alpha value is -0.120. The van der Waals surface area contributed by atoms with Gasteiger partial charge in [0, 0.05) is 5.54 Å². The van der Waals surface area contributed by atoms with Crippen LogP contribution in [-0.2, 0) is 4.74 Å². The van der Waals surface area contributed by atoms with Crippen LogP contribution in [0.5, 0.6) is 0 Å². The van der Waals surface area contributed by atoms with Gasteiger partial charge in [-0.1, -0.05) is 0 Å². The Morgan fingerprint density at radius 3 is 2.67 bits per heavy atom. The molecule has 1 heterocycles. The van der Waals surface area contributed by atoms with E-state index in [0.717, 1.165) is 0 Å². The molecule has 1 unspecified atom stereocenters. The highest BCUT2D eigenvalue weighted by Crippen LogP contribution is 2.12. The average Bonchev–Trinajstić information content (AvgIpc) is 2.10. The van der Waals surface area contributed by atoms with E-state index >= 15 is 0 Å². The lowest BCUT2D eigenvalue weighted by atomic mass is 10.1. The maximum Gasteiger partial charge on any atom is 0.132 e. The standard InChI is InChI=1S/C6H13NO2/c1-6(2)4-9-5(3-8)7-6/h5,7-8H,3-4H2,1-2H3. The summed E-state index contributed by atoms with van der Waals surface area (Å²) in [7, 11) is 0. The molecule has 0 aromatic heterocycles. The lowest BCUT2D eigenvalue weighted by molar-refractivity contribution is 0.0485. The third kappa shape index (κ3) is 1.64. The molecule has 1 saturated heterocycles. The smallest absolute Gasteiger partial charge is 0.132 e. The van der Waals surface area contributed by atoms with Crippen molar-refractivity contribution in [2.24, 2.45) is 0 Å². The molecule has 3 nitrogen and oxygen atoms in total. The Labute approximate surface area is 55.0 Å². The van der Waals surface area contributed by atoms with Crippen molar-refractivity contribution in [2.75, 3.05) is 13.2 Å². The predicted octanol–water partition coefficient (Wildman–Crippen LogP) is -0.297. The summed E-state index contributed by atoms with van der Waals surface area (Å²) >= 11 is 0. The molecule has 2 N–H and O–H groups in total. The first-order valence-corrected chi connectivity index (χ1v) is 3.14. The van der Waals surface area contributed by atoms with E-state index in [9.17, 15) is 0 Å². The van der Waals surface area contributed by atoms with Crippen molar-refractivity contribution in [3.63, 3.8) is 0 Å². The van der Waals surface area contributed by atoms with Gasteiger partial charge in [0.15, 0.2) is 0 Å². The minimum absolute atomic E-state index is 0.0351. The Kier molecular flexibility index (Phi) is 1.75. The second kappa shape index (κ2) is 2.25. The van der Waals surface area contributed by atoms with Crippen LogP contribution in [0.15, 0.2) is 0 Å². The van der Waals surface area contributed by atoms with E-state index in [-0.39, 0.29) is 18.4 Å². The van der Waals surface area contributed by atoms with E-state index in [0.29, 0.717) is 6.61 Å². The third-order valence-electron chi connectivity index (χ3n) is 1.36. The normalized spacial score (nSPS) is 33.0. The topological polar surface area (TPSA) is 41.5 Å². The molecule has 1 atom stereocenters. The number of hydrogen-bond donors (Lipinski definition) is 2. The van der Waals surface area contributed by atoms with Crippen LogP contribution in [0.25, 0.3) is 0 Å². The fourth-order valence-electron chi connectivity index (χ4n) is 0.926. The molecule has 9 heavy (non-hydrogen) atoms. The maximum atomic E-state index is 8.61. The van der Waals surface area contributed by atoms with Crippen LogP contribution in [0, 0.1) is 0 Å². The largest absolute Gasteiger partial charge is 0.392 e. The van der Waals surface area contributed by atoms with Crippen LogP contribution in [0.1, 0.15) is 13.8 Å². The first-order chi connectivity index (χ1) is 4.14. The molecule has 0 aliphatic carbocycles. The first kappa shape index (κ1) is 6.99. The maximum absolute atomic E-state index is 8.61. The van der Waals surface area contributed by atoms with Crippen LogP contribution in [-0.4, -0.2) is 30.1 Å². The molecule has 1 aliphatic heterocycles. The van der Waals surface area contributed by atoms with Crippen molar-refractivity contribution < 1.29 is 9.84 Å². The van der Waals surface area contributed by atoms with Gasteiger partial charge in [-0.2, -0.15) is 0 Å². The zero-order valence-electron chi connectivity index (χ0n) is 5.85. The highest BCUT2D eigenvalue weighted by molar-refractivity contribution is 4.84. The summed E-state index contributed by atoms with van der Waals surface area (Å²) in [6, 6.07) is 0. The summed E-state index contributed by atoms with van der Waals surface area (Å²) in [5.41, 5.74) is 0.0351. The van der Waals surface area contributed by atoms with Crippen molar-refractivity contribution in [2.45, 2.75) is 25.6 Å². The van der Waals surface area contributed by atoms with Gasteiger partial charge in [-0.15, -0.1) is 0 Å². The molecule has 54 valence electrons. The van der Waals surface area contributed by atoms with Gasteiger partial charge >= 0.3 is 0 Å². The molecule has 1 rings (SSSR count). The first-order valence-electron chi connectivity index (χ1n) is 3.14. The number of ether oxygens (including phenoxy) is 1. The van der Waals surface area contributed by atoms with Gasteiger partial charge in [0.25, 0.3) is 0 Å². The van der Waals surface area contributed by atoms with Gasteiger partial charge in [0.05, 0.1) is 13.2 Å². The Morgan fingerprint density at radius 2 is 2.44 bits per heavy atom. The lowest BCUT2D eigenvalue weighted by Gasteiger charge is -2.15. The molecule has 1 fully saturated rings. The number of hydrogen-bond acceptors (Lipinski definition) is 3. The molecule has 0 aromatic rings. The van der Waals surface area contributed by atoms with E-state index in [1.165, 1.54) is 0 Å². The van der Waals surface area contributed by atoms with E-state index in [2.05, 4.69) is 5.32 Å². The second-order valence-electron chi connectivity index (χ2n) is 3.01. The van der Waals surface area contributed by atoms with Crippen LogP contribution in [0.3, 0.4) is 0 Å². The molecule has 0 aromatic carbocycles. The molecule has 3 heteroatoms. The number of aliphatic hydroxyl groups excluding tert-OH is 1. The van der Waals surface area contributed by atoms with E-state index < -0.39 is 0 Å². The number of nitrogens with one attached hydrogen (secondary N) is 1. The Bertz CT molecular complexity index is 103. The monoisotopic (exact) mass is 131 g/mol. The van der Waals surface area contributed by atoms with Crippen LogP contribution >= 0.6 is 0 Å². The third-order valence-corrected chi connectivity index (χ3v) is 1.36. The van der Waals surface area contributed by atoms with Crippen LogP contribution < -0.4 is 5.32 Å². The lowest BCUT2D eigenvalue weighted by Crippen LogP contribution is -2.40. The fraction of sp³-hybridized carbons (Fsp3) is 1.00. The second-order valence-corrected chi connectivity index (χ2v) is 3.01. The van der Waals surface area contributed by atoms with Crippen LogP contribution in [0.4, 0.5) is 0 Å². The van der Waals surface area contributed by atoms with Gasteiger partial charge in [0.1, 0.15) is 6.23 Å². The highest BCUT2D eigenvalue weighted by atomic mass is 16.5. The Balaban J connectivity index is 2.38. The summed E-state index contributed by atoms with van der Waals surface area (Å²) < 4.78 is 5.16. The zero-order valence-corrected chi connectivity index (χ0v) is 5.85. The quantitative estimate of drug-likeness (QED) is 0.513.